The average molecular weight is 342 g/mol. The zero-order valence-electron chi connectivity index (χ0n) is 14.4. The van der Waals surface area contributed by atoms with E-state index in [2.05, 4.69) is 4.74 Å². The fourth-order valence-electron chi connectivity index (χ4n) is 2.75. The first-order valence-corrected chi connectivity index (χ1v) is 7.75. The summed E-state index contributed by atoms with van der Waals surface area (Å²) in [5.41, 5.74) is 0.614. The van der Waals surface area contributed by atoms with Gasteiger partial charge in [0.25, 0.3) is 0 Å². The van der Waals surface area contributed by atoms with Gasteiger partial charge in [-0.2, -0.15) is 0 Å². The largest absolute Gasteiger partial charge is 0.497 e. The maximum atomic E-state index is 12.4. The molecule has 0 bridgehead atoms. The minimum Gasteiger partial charge on any atom is -0.497 e. The van der Waals surface area contributed by atoms with Gasteiger partial charge in [-0.05, 0) is 44.2 Å². The summed E-state index contributed by atoms with van der Waals surface area (Å²) in [5.74, 6) is 0.565. The molecule has 1 atom stereocenters. The lowest BCUT2D eigenvalue weighted by molar-refractivity contribution is -0.147. The molecule has 0 aliphatic rings. The zero-order valence-corrected chi connectivity index (χ0v) is 14.4. The summed E-state index contributed by atoms with van der Waals surface area (Å²) in [7, 11) is 2.84. The van der Waals surface area contributed by atoms with Gasteiger partial charge in [-0.1, -0.05) is 0 Å². The molecule has 0 fully saturated rings. The highest BCUT2D eigenvalue weighted by Crippen LogP contribution is 2.32. The van der Waals surface area contributed by atoms with Gasteiger partial charge in [0.2, 0.25) is 0 Å². The maximum absolute atomic E-state index is 12.4. The molecule has 3 aromatic rings. The van der Waals surface area contributed by atoms with Crippen LogP contribution in [0.5, 0.6) is 11.5 Å². The van der Waals surface area contributed by atoms with Gasteiger partial charge >= 0.3 is 11.6 Å². The molecule has 25 heavy (non-hydrogen) atoms. The number of rotatable bonds is 4. The Morgan fingerprint density at radius 1 is 1.08 bits per heavy atom. The Hall–Kier alpha value is -3.02. The highest BCUT2D eigenvalue weighted by atomic mass is 16.6. The highest BCUT2D eigenvalue weighted by molar-refractivity contribution is 6.06. The van der Waals surface area contributed by atoms with Crippen molar-refractivity contribution in [2.45, 2.75) is 20.0 Å². The molecular weight excluding hydrogens is 324 g/mol. The third-order valence-corrected chi connectivity index (χ3v) is 4.12. The number of hydrogen-bond acceptors (Lipinski definition) is 6. The van der Waals surface area contributed by atoms with Crippen LogP contribution in [-0.4, -0.2) is 26.3 Å². The third-order valence-electron chi connectivity index (χ3n) is 4.12. The van der Waals surface area contributed by atoms with Gasteiger partial charge in [0, 0.05) is 16.3 Å². The van der Waals surface area contributed by atoms with Gasteiger partial charge in [0.15, 0.2) is 6.10 Å². The van der Waals surface area contributed by atoms with Crippen LogP contribution in [-0.2, 0) is 9.53 Å². The Kier molecular flexibility index (Phi) is 4.35. The second-order valence-electron chi connectivity index (χ2n) is 5.65. The van der Waals surface area contributed by atoms with Crippen molar-refractivity contribution in [3.8, 4) is 11.5 Å². The van der Waals surface area contributed by atoms with E-state index in [-0.39, 0.29) is 0 Å². The molecule has 0 saturated heterocycles. The Morgan fingerprint density at radius 2 is 1.80 bits per heavy atom. The molecule has 3 rings (SSSR count). The number of fused-ring (bicyclic) bond motifs is 3. The topological polar surface area (TPSA) is 75.0 Å². The number of ether oxygens (including phenoxy) is 3. The molecule has 6 heteroatoms. The van der Waals surface area contributed by atoms with E-state index in [0.717, 1.165) is 10.8 Å². The summed E-state index contributed by atoms with van der Waals surface area (Å²) < 4.78 is 21.0. The third kappa shape index (κ3) is 2.91. The number of aryl methyl sites for hydroxylation is 1. The molecule has 0 spiro atoms. The standard InChI is InChI=1S/C19H18O6/c1-10-16(24-11(2)18(20)23-4)8-7-14-13-6-5-12(22-3)9-15(13)19(21)25-17(10)14/h5-9,11H,1-4H3/t11-/m0/s1. The Balaban J connectivity index is 2.18. The molecule has 0 unspecified atom stereocenters. The van der Waals surface area contributed by atoms with Crippen LogP contribution in [0, 0.1) is 6.92 Å². The summed E-state index contributed by atoms with van der Waals surface area (Å²) in [6.07, 6.45) is -0.766. The second kappa shape index (κ2) is 6.47. The number of benzene rings is 2. The predicted octanol–water partition coefficient (Wildman–Crippen LogP) is 3.20. The average Bonchev–Trinajstić information content (AvgIpc) is 2.63. The molecule has 0 aliphatic heterocycles. The van der Waals surface area contributed by atoms with Crippen molar-refractivity contribution in [1.82, 2.24) is 0 Å². The van der Waals surface area contributed by atoms with Gasteiger partial charge in [0.05, 0.1) is 19.6 Å². The smallest absolute Gasteiger partial charge is 0.346 e. The van der Waals surface area contributed by atoms with Gasteiger partial charge in [-0.3, -0.25) is 0 Å². The van der Waals surface area contributed by atoms with Crippen molar-refractivity contribution in [2.75, 3.05) is 14.2 Å². The van der Waals surface area contributed by atoms with Crippen LogP contribution < -0.4 is 15.1 Å². The van der Waals surface area contributed by atoms with Crippen LogP contribution in [0.3, 0.4) is 0 Å². The van der Waals surface area contributed by atoms with Crippen LogP contribution >= 0.6 is 0 Å². The van der Waals surface area contributed by atoms with E-state index in [9.17, 15) is 9.59 Å². The molecular formula is C19H18O6. The monoisotopic (exact) mass is 342 g/mol. The number of carbonyl (C=O) groups is 1. The molecule has 6 nitrogen and oxygen atoms in total. The summed E-state index contributed by atoms with van der Waals surface area (Å²) in [6.45, 7) is 3.37. The molecule has 1 aromatic heterocycles. The van der Waals surface area contributed by atoms with Crippen LogP contribution in [0.2, 0.25) is 0 Å². The van der Waals surface area contributed by atoms with E-state index in [1.54, 1.807) is 45.2 Å². The van der Waals surface area contributed by atoms with Crippen LogP contribution in [0.15, 0.2) is 39.5 Å². The molecule has 2 aromatic carbocycles. The van der Waals surface area contributed by atoms with Crippen molar-refractivity contribution in [3.63, 3.8) is 0 Å². The van der Waals surface area contributed by atoms with Crippen LogP contribution in [0.1, 0.15) is 12.5 Å². The summed E-state index contributed by atoms with van der Waals surface area (Å²) >= 11 is 0. The number of esters is 1. The minimum absolute atomic E-state index is 0.428. The first-order valence-electron chi connectivity index (χ1n) is 7.75. The summed E-state index contributed by atoms with van der Waals surface area (Å²) in [5, 5.41) is 2.00. The lowest BCUT2D eigenvalue weighted by Crippen LogP contribution is -2.25. The second-order valence-corrected chi connectivity index (χ2v) is 5.65. The number of hydrogen-bond donors (Lipinski definition) is 0. The van der Waals surface area contributed by atoms with E-state index in [0.29, 0.717) is 28.0 Å². The van der Waals surface area contributed by atoms with Gasteiger partial charge in [0.1, 0.15) is 17.1 Å². The molecule has 0 amide bonds. The van der Waals surface area contributed by atoms with Crippen molar-refractivity contribution >= 4 is 27.7 Å². The Morgan fingerprint density at radius 3 is 2.48 bits per heavy atom. The van der Waals surface area contributed by atoms with Gasteiger partial charge < -0.3 is 18.6 Å². The number of methoxy groups -OCH3 is 2. The first kappa shape index (κ1) is 16.8. The summed E-state index contributed by atoms with van der Waals surface area (Å²) in [4.78, 5) is 23.9. The molecule has 0 N–H and O–H groups in total. The summed E-state index contributed by atoms with van der Waals surface area (Å²) in [6, 6.07) is 8.82. The van der Waals surface area contributed by atoms with E-state index >= 15 is 0 Å². The maximum Gasteiger partial charge on any atom is 0.346 e. The van der Waals surface area contributed by atoms with Gasteiger partial charge in [-0.25, -0.2) is 9.59 Å². The fraction of sp³-hybridized carbons (Fsp3) is 0.263. The van der Waals surface area contributed by atoms with Crippen molar-refractivity contribution < 1.29 is 23.4 Å². The van der Waals surface area contributed by atoms with Crippen LogP contribution in [0.25, 0.3) is 21.7 Å². The minimum atomic E-state index is -0.766. The first-order chi connectivity index (χ1) is 12.0. The fourth-order valence-corrected chi connectivity index (χ4v) is 2.75. The van der Waals surface area contributed by atoms with E-state index in [1.165, 1.54) is 7.11 Å². The van der Waals surface area contributed by atoms with Crippen molar-refractivity contribution in [2.24, 2.45) is 0 Å². The molecule has 0 saturated carbocycles. The zero-order chi connectivity index (χ0) is 18.1. The van der Waals surface area contributed by atoms with E-state index < -0.39 is 17.7 Å². The highest BCUT2D eigenvalue weighted by Gasteiger charge is 2.18. The van der Waals surface area contributed by atoms with Crippen molar-refractivity contribution in [1.29, 1.82) is 0 Å². The quantitative estimate of drug-likeness (QED) is 0.412. The Bertz CT molecular complexity index is 1020. The van der Waals surface area contributed by atoms with E-state index in [4.69, 9.17) is 13.9 Å². The van der Waals surface area contributed by atoms with E-state index in [1.807, 2.05) is 6.07 Å². The SMILES string of the molecule is COC(=O)[C@H](C)Oc1ccc2c(oc(=O)c3cc(OC)ccc32)c1C. The lowest BCUT2D eigenvalue weighted by Gasteiger charge is -2.15. The van der Waals surface area contributed by atoms with Gasteiger partial charge in [-0.15, -0.1) is 0 Å². The molecule has 130 valence electrons. The molecule has 1 heterocycles. The van der Waals surface area contributed by atoms with Crippen molar-refractivity contribution in [3.05, 3.63) is 46.3 Å². The van der Waals surface area contributed by atoms with Crippen LogP contribution in [0.4, 0.5) is 0 Å². The lowest BCUT2D eigenvalue weighted by atomic mass is 10.0. The predicted molar refractivity (Wildman–Crippen MR) is 93.4 cm³/mol. The number of carbonyl (C=O) groups excluding carboxylic acids is 1. The normalized spacial score (nSPS) is 12.2. The Labute approximate surface area is 143 Å². The molecule has 0 radical (unpaired) electrons. The molecule has 0 aliphatic carbocycles.